The van der Waals surface area contributed by atoms with Crippen LogP contribution in [0.3, 0.4) is 0 Å². The summed E-state index contributed by atoms with van der Waals surface area (Å²) < 4.78 is 40.0. The van der Waals surface area contributed by atoms with E-state index in [1.165, 1.54) is 12.1 Å². The number of likely N-dealkylation sites (tertiary alicyclic amines) is 1. The summed E-state index contributed by atoms with van der Waals surface area (Å²) in [6.45, 7) is -0.191. The molecule has 0 saturated carbocycles. The summed E-state index contributed by atoms with van der Waals surface area (Å²) in [6, 6.07) is 4.61. The van der Waals surface area contributed by atoms with Crippen LogP contribution in [0.2, 0.25) is 0 Å². The van der Waals surface area contributed by atoms with Crippen LogP contribution in [0.1, 0.15) is 30.9 Å². The number of alkyl halides is 3. The van der Waals surface area contributed by atoms with Crippen molar-refractivity contribution in [3.63, 3.8) is 0 Å². The highest BCUT2D eigenvalue weighted by molar-refractivity contribution is 6.02. The van der Waals surface area contributed by atoms with E-state index in [9.17, 15) is 32.7 Å². The van der Waals surface area contributed by atoms with Gasteiger partial charge in [0.15, 0.2) is 0 Å². The molecule has 1 unspecified atom stereocenters. The molecule has 2 N–H and O–H groups in total. The topological polar surface area (TPSA) is 95.9 Å². The van der Waals surface area contributed by atoms with Gasteiger partial charge in [-0.1, -0.05) is 12.1 Å². The minimum absolute atomic E-state index is 0.0247. The summed E-state index contributed by atoms with van der Waals surface area (Å²) in [5, 5.41) is 12.4. The molecule has 1 saturated heterocycles. The Bertz CT molecular complexity index is 659. The Balaban J connectivity index is 1.77. The van der Waals surface area contributed by atoms with Crippen LogP contribution in [-0.2, 0) is 14.4 Å². The van der Waals surface area contributed by atoms with Gasteiger partial charge in [0.1, 0.15) is 5.75 Å². The fourth-order valence-corrected chi connectivity index (χ4v) is 2.39. The summed E-state index contributed by atoms with van der Waals surface area (Å²) in [7, 11) is 0. The third-order valence-corrected chi connectivity index (χ3v) is 3.71. The molecule has 0 spiro atoms. The van der Waals surface area contributed by atoms with Crippen molar-refractivity contribution in [1.29, 1.82) is 0 Å². The fourth-order valence-electron chi connectivity index (χ4n) is 2.39. The molecule has 1 aliphatic heterocycles. The average molecular weight is 374 g/mol. The summed E-state index contributed by atoms with van der Waals surface area (Å²) in [4.78, 5) is 35.6. The largest absolute Gasteiger partial charge is 0.573 e. The van der Waals surface area contributed by atoms with Crippen LogP contribution in [0.25, 0.3) is 0 Å². The van der Waals surface area contributed by atoms with Gasteiger partial charge < -0.3 is 15.2 Å². The molecule has 10 heteroatoms. The number of halogens is 3. The van der Waals surface area contributed by atoms with Gasteiger partial charge in [0.05, 0.1) is 6.10 Å². The molecule has 0 aromatic heterocycles. The van der Waals surface area contributed by atoms with Crippen molar-refractivity contribution in [2.24, 2.45) is 0 Å². The van der Waals surface area contributed by atoms with E-state index in [1.54, 1.807) is 0 Å². The van der Waals surface area contributed by atoms with E-state index < -0.39 is 24.1 Å². The van der Waals surface area contributed by atoms with Gasteiger partial charge in [-0.25, -0.2) is 0 Å². The normalized spacial score (nSPS) is 15.9. The number of aliphatic hydroxyl groups is 1. The lowest BCUT2D eigenvalue weighted by Crippen LogP contribution is -2.35. The number of rotatable bonds is 7. The summed E-state index contributed by atoms with van der Waals surface area (Å²) in [5.74, 6) is -1.51. The number of carbonyl (C=O) groups is 3. The highest BCUT2D eigenvalue weighted by Crippen LogP contribution is 2.24. The first-order valence-electron chi connectivity index (χ1n) is 7.79. The SMILES string of the molecule is O=C(CCN1C(=O)CCC1=O)NCC(O)c1ccc(OC(F)(F)F)cc1. The highest BCUT2D eigenvalue weighted by atomic mass is 19.4. The van der Waals surface area contributed by atoms with Crippen LogP contribution in [-0.4, -0.2) is 47.2 Å². The standard InChI is InChI=1S/C16H17F3N2O5/c17-16(18,19)26-11-3-1-10(2-4-11)12(22)9-20-13(23)7-8-21-14(24)5-6-15(21)25/h1-4,12,22H,5-9H2,(H,20,23). The van der Waals surface area contributed by atoms with Crippen molar-refractivity contribution in [2.75, 3.05) is 13.1 Å². The molecule has 142 valence electrons. The molecule has 3 amide bonds. The van der Waals surface area contributed by atoms with Crippen molar-refractivity contribution in [2.45, 2.75) is 31.7 Å². The predicted molar refractivity (Wildman–Crippen MR) is 81.7 cm³/mol. The molecule has 7 nitrogen and oxygen atoms in total. The molecular formula is C16H17F3N2O5. The number of amides is 3. The Morgan fingerprint density at radius 1 is 1.19 bits per heavy atom. The maximum Gasteiger partial charge on any atom is 0.573 e. The summed E-state index contributed by atoms with van der Waals surface area (Å²) in [5.41, 5.74) is 0.296. The number of nitrogens with zero attached hydrogens (tertiary/aromatic N) is 1. The Morgan fingerprint density at radius 3 is 2.31 bits per heavy atom. The number of nitrogens with one attached hydrogen (secondary N) is 1. The van der Waals surface area contributed by atoms with Gasteiger partial charge in [0.25, 0.3) is 0 Å². The zero-order valence-corrected chi connectivity index (χ0v) is 13.6. The number of hydrogen-bond acceptors (Lipinski definition) is 5. The average Bonchev–Trinajstić information content (AvgIpc) is 2.88. The Kier molecular flexibility index (Phi) is 6.19. The van der Waals surface area contributed by atoms with E-state index in [4.69, 9.17) is 0 Å². The molecule has 2 rings (SSSR count). The first kappa shape index (κ1) is 19.7. The van der Waals surface area contributed by atoms with Crippen molar-refractivity contribution < 1.29 is 37.4 Å². The lowest BCUT2D eigenvalue weighted by atomic mass is 10.1. The van der Waals surface area contributed by atoms with Crippen LogP contribution in [0.15, 0.2) is 24.3 Å². The Labute approximate surface area is 146 Å². The fraction of sp³-hybridized carbons (Fsp3) is 0.438. The third kappa shape index (κ3) is 5.73. The molecule has 1 atom stereocenters. The molecule has 1 aliphatic rings. The number of benzene rings is 1. The van der Waals surface area contributed by atoms with Gasteiger partial charge >= 0.3 is 6.36 Å². The second kappa shape index (κ2) is 8.17. The molecule has 0 aliphatic carbocycles. The van der Waals surface area contributed by atoms with Crippen molar-refractivity contribution in [3.8, 4) is 5.75 Å². The minimum Gasteiger partial charge on any atom is -0.406 e. The van der Waals surface area contributed by atoms with E-state index in [0.717, 1.165) is 17.0 Å². The van der Waals surface area contributed by atoms with Gasteiger partial charge in [-0.3, -0.25) is 19.3 Å². The first-order valence-corrected chi connectivity index (χ1v) is 7.79. The second-order valence-corrected chi connectivity index (χ2v) is 5.63. The van der Waals surface area contributed by atoms with Crippen molar-refractivity contribution in [3.05, 3.63) is 29.8 Å². The molecule has 1 aromatic carbocycles. The molecule has 1 aromatic rings. The summed E-state index contributed by atoms with van der Waals surface area (Å²) >= 11 is 0. The van der Waals surface area contributed by atoms with Crippen LogP contribution in [0.5, 0.6) is 5.75 Å². The second-order valence-electron chi connectivity index (χ2n) is 5.63. The van der Waals surface area contributed by atoms with Gasteiger partial charge in [0, 0.05) is 32.4 Å². The van der Waals surface area contributed by atoms with E-state index in [0.29, 0.717) is 5.56 Å². The van der Waals surface area contributed by atoms with Crippen LogP contribution in [0.4, 0.5) is 13.2 Å². The quantitative estimate of drug-likeness (QED) is 0.701. The van der Waals surface area contributed by atoms with Crippen molar-refractivity contribution in [1.82, 2.24) is 10.2 Å². The zero-order chi connectivity index (χ0) is 19.3. The zero-order valence-electron chi connectivity index (χ0n) is 13.6. The van der Waals surface area contributed by atoms with Gasteiger partial charge in [-0.15, -0.1) is 13.2 Å². The molecule has 0 bridgehead atoms. The van der Waals surface area contributed by atoms with E-state index in [2.05, 4.69) is 10.1 Å². The third-order valence-electron chi connectivity index (χ3n) is 3.71. The molecule has 26 heavy (non-hydrogen) atoms. The highest BCUT2D eigenvalue weighted by Gasteiger charge is 2.31. The van der Waals surface area contributed by atoms with Crippen LogP contribution < -0.4 is 10.1 Å². The maximum absolute atomic E-state index is 12.1. The number of hydrogen-bond donors (Lipinski definition) is 2. The van der Waals surface area contributed by atoms with E-state index in [1.807, 2.05) is 0 Å². The number of imide groups is 1. The Morgan fingerprint density at radius 2 is 1.77 bits per heavy atom. The van der Waals surface area contributed by atoms with Crippen LogP contribution in [0, 0.1) is 0 Å². The minimum atomic E-state index is -4.80. The monoisotopic (exact) mass is 374 g/mol. The van der Waals surface area contributed by atoms with Crippen molar-refractivity contribution >= 4 is 17.7 Å². The molecule has 1 fully saturated rings. The van der Waals surface area contributed by atoms with Gasteiger partial charge in [0.2, 0.25) is 17.7 Å². The first-order chi connectivity index (χ1) is 12.2. The van der Waals surface area contributed by atoms with Crippen LogP contribution >= 0.6 is 0 Å². The molecule has 0 radical (unpaired) electrons. The predicted octanol–water partition coefficient (Wildman–Crippen LogP) is 1.27. The van der Waals surface area contributed by atoms with E-state index >= 15 is 0 Å². The van der Waals surface area contributed by atoms with Gasteiger partial charge in [-0.05, 0) is 17.7 Å². The molecule has 1 heterocycles. The number of aliphatic hydroxyl groups excluding tert-OH is 1. The lowest BCUT2D eigenvalue weighted by molar-refractivity contribution is -0.274. The maximum atomic E-state index is 12.1. The molecular weight excluding hydrogens is 357 g/mol. The lowest BCUT2D eigenvalue weighted by Gasteiger charge is -2.15. The van der Waals surface area contributed by atoms with Gasteiger partial charge in [-0.2, -0.15) is 0 Å². The van der Waals surface area contributed by atoms with E-state index in [-0.39, 0.29) is 44.2 Å². The number of carbonyl (C=O) groups excluding carboxylic acids is 3. The Hall–Kier alpha value is -2.62. The summed E-state index contributed by atoms with van der Waals surface area (Å²) in [6.07, 6.45) is -5.73. The smallest absolute Gasteiger partial charge is 0.406 e. The number of ether oxygens (including phenoxy) is 1.